The first kappa shape index (κ1) is 10.3. The molecule has 74 valence electrons. The molecule has 2 heteroatoms. The highest BCUT2D eigenvalue weighted by molar-refractivity contribution is 5.07. The smallest absolute Gasteiger partial charge is 0.191 e. The van der Waals surface area contributed by atoms with Crippen LogP contribution in [0.2, 0.25) is 0 Å². The van der Waals surface area contributed by atoms with Gasteiger partial charge < -0.3 is 4.42 Å². The molecule has 0 unspecified atom stereocenters. The van der Waals surface area contributed by atoms with Gasteiger partial charge in [0.15, 0.2) is 5.89 Å². The van der Waals surface area contributed by atoms with E-state index in [1.54, 1.807) is 0 Å². The first-order chi connectivity index (χ1) is 6.24. The largest absolute Gasteiger partial charge is 0.446 e. The van der Waals surface area contributed by atoms with Crippen molar-refractivity contribution in [2.24, 2.45) is 0 Å². The molecule has 0 bridgehead atoms. The Morgan fingerprint density at radius 3 is 2.46 bits per heavy atom. The highest BCUT2D eigenvalue weighted by Crippen LogP contribution is 2.12. The predicted molar refractivity (Wildman–Crippen MR) is 53.8 cm³/mol. The number of oxazole rings is 1. The van der Waals surface area contributed by atoms with E-state index >= 15 is 0 Å². The van der Waals surface area contributed by atoms with Gasteiger partial charge in [0, 0.05) is 6.92 Å². The molecule has 0 aliphatic heterocycles. The van der Waals surface area contributed by atoms with Crippen LogP contribution >= 0.6 is 0 Å². The summed E-state index contributed by atoms with van der Waals surface area (Å²) >= 11 is 0. The van der Waals surface area contributed by atoms with Crippen LogP contribution in [0.5, 0.6) is 0 Å². The van der Waals surface area contributed by atoms with Crippen LogP contribution in [0.15, 0.2) is 4.42 Å². The molecule has 0 aliphatic rings. The monoisotopic (exact) mass is 181 g/mol. The number of rotatable bonds is 5. The zero-order valence-corrected chi connectivity index (χ0v) is 8.89. The third-order valence-electron chi connectivity index (χ3n) is 2.27. The molecule has 0 saturated carbocycles. The molecule has 0 aromatic carbocycles. The maximum Gasteiger partial charge on any atom is 0.191 e. The lowest BCUT2D eigenvalue weighted by atomic mass is 10.1. The molecule has 1 aromatic heterocycles. The number of nitrogens with zero attached hydrogens (tertiary/aromatic N) is 1. The van der Waals surface area contributed by atoms with Gasteiger partial charge in [0.25, 0.3) is 0 Å². The molecule has 1 aromatic rings. The summed E-state index contributed by atoms with van der Waals surface area (Å²) in [5.41, 5.74) is 1.15. The Morgan fingerprint density at radius 1 is 1.15 bits per heavy atom. The van der Waals surface area contributed by atoms with Crippen molar-refractivity contribution < 1.29 is 4.42 Å². The van der Waals surface area contributed by atoms with Gasteiger partial charge in [-0.1, -0.05) is 26.2 Å². The summed E-state index contributed by atoms with van der Waals surface area (Å²) in [7, 11) is 0. The Morgan fingerprint density at radius 2 is 1.92 bits per heavy atom. The zero-order chi connectivity index (χ0) is 9.68. The summed E-state index contributed by atoms with van der Waals surface area (Å²) in [6.45, 7) is 6.13. The van der Waals surface area contributed by atoms with Gasteiger partial charge in [0.1, 0.15) is 5.76 Å². The van der Waals surface area contributed by atoms with Crippen LogP contribution in [-0.2, 0) is 6.42 Å². The second-order valence-corrected chi connectivity index (χ2v) is 3.55. The summed E-state index contributed by atoms with van der Waals surface area (Å²) in [5.74, 6) is 1.79. The van der Waals surface area contributed by atoms with E-state index in [1.165, 1.54) is 25.7 Å². The molecule has 0 N–H and O–H groups in total. The second-order valence-electron chi connectivity index (χ2n) is 3.55. The Hall–Kier alpha value is -0.790. The van der Waals surface area contributed by atoms with Gasteiger partial charge >= 0.3 is 0 Å². The van der Waals surface area contributed by atoms with E-state index in [-0.39, 0.29) is 0 Å². The topological polar surface area (TPSA) is 26.0 Å². The Balaban J connectivity index is 2.32. The molecule has 1 heterocycles. The van der Waals surface area contributed by atoms with Gasteiger partial charge in [-0.05, 0) is 19.8 Å². The summed E-state index contributed by atoms with van der Waals surface area (Å²) in [6, 6.07) is 0. The number of unbranched alkanes of at least 4 members (excludes halogenated alkanes) is 3. The molecule has 0 atom stereocenters. The summed E-state index contributed by atoms with van der Waals surface area (Å²) in [5, 5.41) is 0. The van der Waals surface area contributed by atoms with Gasteiger partial charge in [-0.15, -0.1) is 0 Å². The minimum atomic E-state index is 0.794. The van der Waals surface area contributed by atoms with E-state index in [9.17, 15) is 0 Å². The van der Waals surface area contributed by atoms with Crippen molar-refractivity contribution in [2.75, 3.05) is 0 Å². The number of hydrogen-bond donors (Lipinski definition) is 0. The lowest BCUT2D eigenvalue weighted by molar-refractivity contribution is 0.492. The van der Waals surface area contributed by atoms with Crippen molar-refractivity contribution in [3.05, 3.63) is 17.3 Å². The van der Waals surface area contributed by atoms with Crippen molar-refractivity contribution in [1.82, 2.24) is 4.98 Å². The highest BCUT2D eigenvalue weighted by atomic mass is 16.4. The van der Waals surface area contributed by atoms with Gasteiger partial charge in [-0.25, -0.2) is 4.98 Å². The van der Waals surface area contributed by atoms with E-state index in [0.717, 1.165) is 23.8 Å². The van der Waals surface area contributed by atoms with E-state index in [1.807, 2.05) is 13.8 Å². The van der Waals surface area contributed by atoms with Crippen LogP contribution in [-0.4, -0.2) is 4.98 Å². The van der Waals surface area contributed by atoms with Crippen LogP contribution in [0.3, 0.4) is 0 Å². The summed E-state index contributed by atoms with van der Waals surface area (Å²) < 4.78 is 5.36. The number of aryl methyl sites for hydroxylation is 3. The van der Waals surface area contributed by atoms with Crippen LogP contribution in [0.4, 0.5) is 0 Å². The highest BCUT2D eigenvalue weighted by Gasteiger charge is 2.04. The van der Waals surface area contributed by atoms with Crippen LogP contribution in [0, 0.1) is 13.8 Å². The maximum atomic E-state index is 5.36. The average Bonchev–Trinajstić information content (AvgIpc) is 2.39. The zero-order valence-electron chi connectivity index (χ0n) is 8.89. The maximum absolute atomic E-state index is 5.36. The molecule has 0 spiro atoms. The fraction of sp³-hybridized carbons (Fsp3) is 0.727. The molecule has 1 rings (SSSR count). The molecule has 0 radical (unpaired) electrons. The molecule has 0 fully saturated rings. The number of hydrogen-bond acceptors (Lipinski definition) is 2. The summed E-state index contributed by atoms with van der Waals surface area (Å²) in [4.78, 5) is 4.34. The van der Waals surface area contributed by atoms with E-state index in [4.69, 9.17) is 4.42 Å². The second kappa shape index (κ2) is 5.05. The molecule has 2 nitrogen and oxygen atoms in total. The molecule has 0 saturated heterocycles. The van der Waals surface area contributed by atoms with Crippen LogP contribution in [0.25, 0.3) is 0 Å². The Labute approximate surface area is 80.4 Å². The molecule has 0 amide bonds. The van der Waals surface area contributed by atoms with Crippen molar-refractivity contribution in [3.8, 4) is 0 Å². The van der Waals surface area contributed by atoms with Crippen molar-refractivity contribution in [3.63, 3.8) is 0 Å². The minimum Gasteiger partial charge on any atom is -0.446 e. The lowest BCUT2D eigenvalue weighted by Gasteiger charge is -1.96. The predicted octanol–water partition coefficient (Wildman–Crippen LogP) is 3.41. The quantitative estimate of drug-likeness (QED) is 0.650. The molecule has 13 heavy (non-hydrogen) atoms. The third-order valence-corrected chi connectivity index (χ3v) is 2.27. The minimum absolute atomic E-state index is 0.794. The first-order valence-corrected chi connectivity index (χ1v) is 5.17. The SMILES string of the molecule is CCCCCCc1nc(C)oc1C. The summed E-state index contributed by atoms with van der Waals surface area (Å²) in [6.07, 6.45) is 6.23. The Bertz CT molecular complexity index is 253. The normalized spacial score (nSPS) is 10.7. The average molecular weight is 181 g/mol. The van der Waals surface area contributed by atoms with Gasteiger partial charge in [0.2, 0.25) is 0 Å². The van der Waals surface area contributed by atoms with Crippen LogP contribution < -0.4 is 0 Å². The third kappa shape index (κ3) is 3.21. The van der Waals surface area contributed by atoms with Gasteiger partial charge in [-0.2, -0.15) is 0 Å². The Kier molecular flexibility index (Phi) is 4.00. The van der Waals surface area contributed by atoms with E-state index < -0.39 is 0 Å². The fourth-order valence-corrected chi connectivity index (χ4v) is 1.52. The number of aromatic nitrogens is 1. The van der Waals surface area contributed by atoms with Gasteiger partial charge in [-0.3, -0.25) is 0 Å². The molecule has 0 aliphatic carbocycles. The molecular formula is C11H19NO. The van der Waals surface area contributed by atoms with Crippen molar-refractivity contribution in [1.29, 1.82) is 0 Å². The van der Waals surface area contributed by atoms with E-state index in [2.05, 4.69) is 11.9 Å². The van der Waals surface area contributed by atoms with Gasteiger partial charge in [0.05, 0.1) is 5.69 Å². The first-order valence-electron chi connectivity index (χ1n) is 5.17. The fourth-order valence-electron chi connectivity index (χ4n) is 1.52. The van der Waals surface area contributed by atoms with Crippen molar-refractivity contribution >= 4 is 0 Å². The van der Waals surface area contributed by atoms with E-state index in [0.29, 0.717) is 0 Å². The standard InChI is InChI=1S/C11H19NO/c1-4-5-6-7-8-11-9(2)13-10(3)12-11/h4-8H2,1-3H3. The van der Waals surface area contributed by atoms with Crippen LogP contribution in [0.1, 0.15) is 50.0 Å². The van der Waals surface area contributed by atoms with Crippen molar-refractivity contribution in [2.45, 2.75) is 52.9 Å². The molecular weight excluding hydrogens is 162 g/mol. The lowest BCUT2D eigenvalue weighted by Crippen LogP contribution is -1.88.